The standard InChI is InChI=1S/C16H24N2O/c1-16(2)7-9-18(10-8-16)12-13-11-17-14-5-3-4-6-15(14)19-13/h3-6,13,17H,7-12H2,1-2H3. The molecule has 1 aromatic rings. The highest BCUT2D eigenvalue weighted by Gasteiger charge is 2.28. The van der Waals surface area contributed by atoms with Gasteiger partial charge in [-0.1, -0.05) is 26.0 Å². The number of nitrogens with zero attached hydrogens (tertiary/aromatic N) is 1. The molecule has 3 heteroatoms. The molecule has 0 aliphatic carbocycles. The van der Waals surface area contributed by atoms with E-state index in [4.69, 9.17) is 4.74 Å². The average Bonchev–Trinajstić information content (AvgIpc) is 2.41. The predicted octanol–water partition coefficient (Wildman–Crippen LogP) is 2.98. The van der Waals surface area contributed by atoms with Crippen LogP contribution in [-0.2, 0) is 0 Å². The monoisotopic (exact) mass is 260 g/mol. The number of rotatable bonds is 2. The van der Waals surface area contributed by atoms with Crippen LogP contribution in [0.3, 0.4) is 0 Å². The van der Waals surface area contributed by atoms with Crippen molar-refractivity contribution in [3.05, 3.63) is 24.3 Å². The van der Waals surface area contributed by atoms with Gasteiger partial charge in [0, 0.05) is 6.54 Å². The normalized spacial score (nSPS) is 26.1. The third kappa shape index (κ3) is 3.03. The van der Waals surface area contributed by atoms with E-state index in [9.17, 15) is 0 Å². The van der Waals surface area contributed by atoms with Crippen molar-refractivity contribution in [1.29, 1.82) is 0 Å². The highest BCUT2D eigenvalue weighted by atomic mass is 16.5. The lowest BCUT2D eigenvalue weighted by Crippen LogP contribution is -2.45. The summed E-state index contributed by atoms with van der Waals surface area (Å²) in [6.45, 7) is 9.11. The molecule has 1 unspecified atom stereocenters. The Labute approximate surface area is 115 Å². The summed E-state index contributed by atoms with van der Waals surface area (Å²) in [6.07, 6.45) is 2.86. The second-order valence-electron chi connectivity index (χ2n) is 6.58. The van der Waals surface area contributed by atoms with E-state index in [1.54, 1.807) is 0 Å². The van der Waals surface area contributed by atoms with Crippen LogP contribution < -0.4 is 10.1 Å². The van der Waals surface area contributed by atoms with Gasteiger partial charge in [-0.3, -0.25) is 4.90 Å². The van der Waals surface area contributed by atoms with Crippen LogP contribution in [0.5, 0.6) is 5.75 Å². The van der Waals surface area contributed by atoms with Crippen LogP contribution in [0.4, 0.5) is 5.69 Å². The molecular weight excluding hydrogens is 236 g/mol. The van der Waals surface area contributed by atoms with Gasteiger partial charge in [0.25, 0.3) is 0 Å². The second kappa shape index (κ2) is 5.04. The first-order valence-electron chi connectivity index (χ1n) is 7.34. The molecule has 1 fully saturated rings. The molecule has 3 nitrogen and oxygen atoms in total. The Bertz CT molecular complexity index is 434. The maximum absolute atomic E-state index is 6.08. The summed E-state index contributed by atoms with van der Waals surface area (Å²) in [4.78, 5) is 2.55. The van der Waals surface area contributed by atoms with Gasteiger partial charge in [-0.25, -0.2) is 0 Å². The van der Waals surface area contributed by atoms with Crippen molar-refractivity contribution in [3.8, 4) is 5.75 Å². The number of likely N-dealkylation sites (tertiary alicyclic amines) is 1. The van der Waals surface area contributed by atoms with Crippen LogP contribution in [-0.4, -0.2) is 37.2 Å². The highest BCUT2D eigenvalue weighted by Crippen LogP contribution is 2.31. The van der Waals surface area contributed by atoms with Gasteiger partial charge in [-0.05, 0) is 43.5 Å². The SMILES string of the molecule is CC1(C)CCN(CC2CNc3ccccc3O2)CC1. The zero-order valence-electron chi connectivity index (χ0n) is 12.0. The fourth-order valence-corrected chi connectivity index (χ4v) is 2.89. The summed E-state index contributed by atoms with van der Waals surface area (Å²) < 4.78 is 6.08. The lowest BCUT2D eigenvalue weighted by atomic mass is 9.82. The maximum Gasteiger partial charge on any atom is 0.142 e. The van der Waals surface area contributed by atoms with Crippen molar-refractivity contribution in [1.82, 2.24) is 4.90 Å². The molecule has 0 bridgehead atoms. The van der Waals surface area contributed by atoms with Gasteiger partial charge < -0.3 is 10.1 Å². The van der Waals surface area contributed by atoms with Crippen molar-refractivity contribution in [2.75, 3.05) is 31.5 Å². The van der Waals surface area contributed by atoms with Crippen LogP contribution in [0.1, 0.15) is 26.7 Å². The molecule has 0 spiro atoms. The van der Waals surface area contributed by atoms with Gasteiger partial charge in [0.15, 0.2) is 0 Å². The quantitative estimate of drug-likeness (QED) is 0.884. The summed E-state index contributed by atoms with van der Waals surface area (Å²) in [6, 6.07) is 8.21. The Kier molecular flexibility index (Phi) is 3.40. The van der Waals surface area contributed by atoms with Crippen molar-refractivity contribution in [3.63, 3.8) is 0 Å². The number of anilines is 1. The zero-order valence-corrected chi connectivity index (χ0v) is 12.0. The lowest BCUT2D eigenvalue weighted by molar-refractivity contribution is 0.0841. The van der Waals surface area contributed by atoms with Gasteiger partial charge >= 0.3 is 0 Å². The Morgan fingerprint density at radius 3 is 2.79 bits per heavy atom. The smallest absolute Gasteiger partial charge is 0.142 e. The average molecular weight is 260 g/mol. The molecule has 1 saturated heterocycles. The third-order valence-electron chi connectivity index (χ3n) is 4.37. The van der Waals surface area contributed by atoms with Gasteiger partial charge in [0.1, 0.15) is 11.9 Å². The molecular formula is C16H24N2O. The fourth-order valence-electron chi connectivity index (χ4n) is 2.89. The summed E-state index contributed by atoms with van der Waals surface area (Å²) in [5.74, 6) is 0.996. The second-order valence-corrected chi connectivity index (χ2v) is 6.58. The van der Waals surface area contributed by atoms with Gasteiger partial charge in [0.2, 0.25) is 0 Å². The van der Waals surface area contributed by atoms with Crippen LogP contribution in [0.25, 0.3) is 0 Å². The van der Waals surface area contributed by atoms with E-state index in [-0.39, 0.29) is 6.10 Å². The molecule has 2 aliphatic rings. The number of hydrogen-bond acceptors (Lipinski definition) is 3. The molecule has 1 aromatic carbocycles. The Morgan fingerprint density at radius 2 is 2.00 bits per heavy atom. The molecule has 3 rings (SSSR count). The van der Waals surface area contributed by atoms with Gasteiger partial charge in [-0.2, -0.15) is 0 Å². The first-order valence-corrected chi connectivity index (χ1v) is 7.34. The molecule has 1 N–H and O–H groups in total. The number of hydrogen-bond donors (Lipinski definition) is 1. The number of nitrogens with one attached hydrogen (secondary N) is 1. The Morgan fingerprint density at radius 1 is 1.26 bits per heavy atom. The van der Waals surface area contributed by atoms with E-state index >= 15 is 0 Å². The molecule has 2 aliphatic heterocycles. The topological polar surface area (TPSA) is 24.5 Å². The van der Waals surface area contributed by atoms with E-state index in [0.717, 1.165) is 24.5 Å². The number of fused-ring (bicyclic) bond motifs is 1. The minimum absolute atomic E-state index is 0.274. The van der Waals surface area contributed by atoms with Crippen molar-refractivity contribution < 1.29 is 4.74 Å². The number of benzene rings is 1. The number of piperidine rings is 1. The molecule has 0 radical (unpaired) electrons. The maximum atomic E-state index is 6.08. The van der Waals surface area contributed by atoms with E-state index in [2.05, 4.69) is 30.1 Å². The molecule has 0 amide bonds. The summed E-state index contributed by atoms with van der Waals surface area (Å²) in [5.41, 5.74) is 1.65. The third-order valence-corrected chi connectivity index (χ3v) is 4.37. The minimum atomic E-state index is 0.274. The van der Waals surface area contributed by atoms with E-state index in [0.29, 0.717) is 5.41 Å². The fraction of sp³-hybridized carbons (Fsp3) is 0.625. The van der Waals surface area contributed by atoms with E-state index in [1.807, 2.05) is 18.2 Å². The van der Waals surface area contributed by atoms with Crippen LogP contribution in [0.2, 0.25) is 0 Å². The summed E-state index contributed by atoms with van der Waals surface area (Å²) >= 11 is 0. The molecule has 1 atom stereocenters. The zero-order chi connectivity index (χ0) is 13.3. The van der Waals surface area contributed by atoms with E-state index < -0.39 is 0 Å². The van der Waals surface area contributed by atoms with Crippen LogP contribution >= 0.6 is 0 Å². The first-order chi connectivity index (χ1) is 9.12. The molecule has 0 aromatic heterocycles. The molecule has 2 heterocycles. The van der Waals surface area contributed by atoms with Crippen LogP contribution in [0, 0.1) is 5.41 Å². The predicted molar refractivity (Wildman–Crippen MR) is 78.8 cm³/mol. The lowest BCUT2D eigenvalue weighted by Gasteiger charge is -2.39. The summed E-state index contributed by atoms with van der Waals surface area (Å²) in [7, 11) is 0. The van der Waals surface area contributed by atoms with Gasteiger partial charge in [-0.15, -0.1) is 0 Å². The van der Waals surface area contributed by atoms with Crippen molar-refractivity contribution >= 4 is 5.69 Å². The largest absolute Gasteiger partial charge is 0.485 e. The highest BCUT2D eigenvalue weighted by molar-refractivity contribution is 5.57. The summed E-state index contributed by atoms with van der Waals surface area (Å²) in [5, 5.41) is 3.47. The molecule has 19 heavy (non-hydrogen) atoms. The van der Waals surface area contributed by atoms with Crippen molar-refractivity contribution in [2.45, 2.75) is 32.8 Å². The Balaban J connectivity index is 1.55. The molecule has 104 valence electrons. The number of ether oxygens (including phenoxy) is 1. The Hall–Kier alpha value is -1.22. The van der Waals surface area contributed by atoms with Crippen LogP contribution in [0.15, 0.2) is 24.3 Å². The van der Waals surface area contributed by atoms with Gasteiger partial charge in [0.05, 0.1) is 12.2 Å². The minimum Gasteiger partial charge on any atom is -0.485 e. The molecule has 0 saturated carbocycles. The number of para-hydroxylation sites is 2. The first kappa shape index (κ1) is 12.8. The van der Waals surface area contributed by atoms with E-state index in [1.165, 1.54) is 25.9 Å². The van der Waals surface area contributed by atoms with Crippen molar-refractivity contribution in [2.24, 2.45) is 5.41 Å².